The van der Waals surface area contributed by atoms with Gasteiger partial charge in [0.05, 0.1) is 42.8 Å². The van der Waals surface area contributed by atoms with Crippen LogP contribution in [-0.4, -0.2) is 64.8 Å². The minimum Gasteiger partial charge on any atom is -0.390 e. The average Bonchev–Trinajstić information content (AvgIpc) is 3.29. The van der Waals surface area contributed by atoms with Gasteiger partial charge in [-0.1, -0.05) is 84.9 Å². The molecule has 0 aliphatic heterocycles. The number of hydrogen-bond donors (Lipinski definition) is 7. The molecule has 9 N–H and O–H groups in total. The molecule has 42 heavy (non-hydrogen) atoms. The highest BCUT2D eigenvalue weighted by atomic mass is 16.3. The molecule has 3 aromatic rings. The van der Waals surface area contributed by atoms with E-state index in [9.17, 15) is 24.6 Å². The molecule has 1 aliphatic carbocycles. The summed E-state index contributed by atoms with van der Waals surface area (Å²) >= 11 is 0. The van der Waals surface area contributed by atoms with Crippen molar-refractivity contribution in [3.8, 4) is 0 Å². The van der Waals surface area contributed by atoms with Crippen LogP contribution in [0.2, 0.25) is 0 Å². The number of benzene rings is 3. The van der Waals surface area contributed by atoms with Gasteiger partial charge in [-0.15, -0.1) is 0 Å². The third-order valence-corrected chi connectivity index (χ3v) is 7.52. The zero-order valence-electron chi connectivity index (χ0n) is 23.4. The normalized spacial score (nSPS) is 18.7. The van der Waals surface area contributed by atoms with E-state index in [1.165, 1.54) is 0 Å². The monoisotopic (exact) mass is 573 g/mol. The summed E-state index contributed by atoms with van der Waals surface area (Å²) in [5, 5.41) is 30.9. The van der Waals surface area contributed by atoms with Crippen LogP contribution in [-0.2, 0) is 33.6 Å². The maximum atomic E-state index is 13.6. The lowest BCUT2D eigenvalue weighted by molar-refractivity contribution is -0.127. The molecule has 6 atom stereocenters. The second kappa shape index (κ2) is 14.7. The molecule has 4 rings (SSSR count). The number of carbonyl (C=O) groups is 3. The van der Waals surface area contributed by atoms with Crippen LogP contribution in [0, 0.1) is 0 Å². The SMILES string of the molecule is NC(=O)CC(N)C(=O)N[C@@H](Cc1ccccc1)[C@H](O)CN[C@@H](Cc1ccccc1)C(=O)NC1c2ccccc2C[C@H]1O. The number of rotatable bonds is 14. The minimum atomic E-state index is -1.15. The predicted octanol–water partition coefficient (Wildman–Crippen LogP) is 0.253. The molecule has 10 heteroatoms. The maximum absolute atomic E-state index is 13.6. The second-order valence-electron chi connectivity index (χ2n) is 10.8. The van der Waals surface area contributed by atoms with Crippen LogP contribution in [0.25, 0.3) is 0 Å². The molecule has 0 heterocycles. The van der Waals surface area contributed by atoms with E-state index in [-0.39, 0.29) is 18.9 Å². The Morgan fingerprint density at radius 3 is 2.10 bits per heavy atom. The summed E-state index contributed by atoms with van der Waals surface area (Å²) in [6, 6.07) is 23.2. The van der Waals surface area contributed by atoms with Crippen LogP contribution in [0.4, 0.5) is 0 Å². The Balaban J connectivity index is 1.48. The van der Waals surface area contributed by atoms with Crippen molar-refractivity contribution in [2.75, 3.05) is 6.54 Å². The summed E-state index contributed by atoms with van der Waals surface area (Å²) < 4.78 is 0. The van der Waals surface area contributed by atoms with E-state index < -0.39 is 48.2 Å². The van der Waals surface area contributed by atoms with Crippen LogP contribution in [0.1, 0.15) is 34.7 Å². The molecular formula is C32H39N5O5. The first kappa shape index (κ1) is 30.9. The number of fused-ring (bicyclic) bond motifs is 1. The van der Waals surface area contributed by atoms with Gasteiger partial charge in [0.15, 0.2) is 0 Å². The minimum absolute atomic E-state index is 0.0302. The summed E-state index contributed by atoms with van der Waals surface area (Å²) in [5.41, 5.74) is 14.7. The van der Waals surface area contributed by atoms with E-state index in [1.807, 2.05) is 84.9 Å². The smallest absolute Gasteiger partial charge is 0.238 e. The Labute approximate surface area is 245 Å². The Bertz CT molecular complexity index is 1340. The first-order valence-electron chi connectivity index (χ1n) is 14.1. The molecular weight excluding hydrogens is 534 g/mol. The van der Waals surface area contributed by atoms with Gasteiger partial charge < -0.3 is 37.6 Å². The fraction of sp³-hybridized carbons (Fsp3) is 0.344. The molecule has 0 spiro atoms. The number of aliphatic hydroxyl groups excluding tert-OH is 2. The van der Waals surface area contributed by atoms with Crippen LogP contribution in [0.5, 0.6) is 0 Å². The first-order valence-corrected chi connectivity index (χ1v) is 14.1. The van der Waals surface area contributed by atoms with Crippen molar-refractivity contribution < 1.29 is 24.6 Å². The first-order chi connectivity index (χ1) is 20.2. The fourth-order valence-electron chi connectivity index (χ4n) is 5.26. The highest BCUT2D eigenvalue weighted by molar-refractivity contribution is 5.87. The lowest BCUT2D eigenvalue weighted by atomic mass is 9.99. The number of amides is 3. The number of hydrogen-bond acceptors (Lipinski definition) is 7. The zero-order valence-corrected chi connectivity index (χ0v) is 23.4. The number of primary amides is 1. The van der Waals surface area contributed by atoms with Crippen molar-refractivity contribution in [1.29, 1.82) is 0 Å². The average molecular weight is 574 g/mol. The summed E-state index contributed by atoms with van der Waals surface area (Å²) in [5.74, 6) is -1.63. The summed E-state index contributed by atoms with van der Waals surface area (Å²) in [6.07, 6.45) is -1.10. The number of nitrogens with one attached hydrogen (secondary N) is 3. The predicted molar refractivity (Wildman–Crippen MR) is 159 cm³/mol. The van der Waals surface area contributed by atoms with Crippen molar-refractivity contribution >= 4 is 17.7 Å². The van der Waals surface area contributed by atoms with Gasteiger partial charge in [-0.3, -0.25) is 14.4 Å². The highest BCUT2D eigenvalue weighted by Crippen LogP contribution is 2.31. The molecule has 0 radical (unpaired) electrons. The van der Waals surface area contributed by atoms with Crippen LogP contribution in [0.3, 0.4) is 0 Å². The van der Waals surface area contributed by atoms with Crippen molar-refractivity contribution in [1.82, 2.24) is 16.0 Å². The number of carbonyl (C=O) groups excluding carboxylic acids is 3. The standard InChI is InChI=1S/C32H39N5O5/c33-24(18-29(34)40)31(41)36-25(15-20-9-3-1-4-10-20)28(39)19-35-26(16-21-11-5-2-6-12-21)32(42)37-30-23-14-8-7-13-22(23)17-27(30)38/h1-14,24-28,30,35,38-39H,15-19,33H2,(H2,34,40)(H,36,41)(H,37,42)/t24?,25-,26-,27+,28+,30?/m0/s1. The lowest BCUT2D eigenvalue weighted by Crippen LogP contribution is -2.56. The van der Waals surface area contributed by atoms with Gasteiger partial charge in [0, 0.05) is 13.0 Å². The zero-order chi connectivity index (χ0) is 30.1. The molecule has 10 nitrogen and oxygen atoms in total. The highest BCUT2D eigenvalue weighted by Gasteiger charge is 2.34. The molecule has 0 bridgehead atoms. The molecule has 1 aliphatic rings. The second-order valence-corrected chi connectivity index (χ2v) is 10.8. The van der Waals surface area contributed by atoms with Crippen LogP contribution < -0.4 is 27.4 Å². The fourth-order valence-corrected chi connectivity index (χ4v) is 5.26. The Morgan fingerprint density at radius 1 is 0.857 bits per heavy atom. The summed E-state index contributed by atoms with van der Waals surface area (Å²) in [6.45, 7) is -0.0302. The maximum Gasteiger partial charge on any atom is 0.238 e. The molecule has 3 amide bonds. The Hall–Kier alpha value is -4.09. The van der Waals surface area contributed by atoms with E-state index >= 15 is 0 Å². The van der Waals surface area contributed by atoms with Gasteiger partial charge in [0.2, 0.25) is 17.7 Å². The van der Waals surface area contributed by atoms with Gasteiger partial charge in [-0.25, -0.2) is 0 Å². The van der Waals surface area contributed by atoms with Crippen molar-refractivity contribution in [3.05, 3.63) is 107 Å². The molecule has 222 valence electrons. The van der Waals surface area contributed by atoms with E-state index in [2.05, 4.69) is 16.0 Å². The number of nitrogens with two attached hydrogens (primary N) is 2. The van der Waals surface area contributed by atoms with Crippen molar-refractivity contribution in [2.24, 2.45) is 11.5 Å². The Kier molecular flexibility index (Phi) is 10.8. The van der Waals surface area contributed by atoms with Gasteiger partial charge in [0.25, 0.3) is 0 Å². The van der Waals surface area contributed by atoms with Crippen LogP contribution in [0.15, 0.2) is 84.9 Å². The topological polar surface area (TPSA) is 180 Å². The van der Waals surface area contributed by atoms with E-state index in [1.54, 1.807) is 0 Å². The van der Waals surface area contributed by atoms with E-state index in [0.29, 0.717) is 19.3 Å². The van der Waals surface area contributed by atoms with E-state index in [0.717, 1.165) is 22.3 Å². The van der Waals surface area contributed by atoms with Gasteiger partial charge >= 0.3 is 0 Å². The molecule has 2 unspecified atom stereocenters. The van der Waals surface area contributed by atoms with Gasteiger partial charge in [-0.05, 0) is 35.1 Å². The molecule has 0 fully saturated rings. The van der Waals surface area contributed by atoms with Crippen molar-refractivity contribution in [2.45, 2.75) is 62.1 Å². The molecule has 0 aromatic heterocycles. The molecule has 0 saturated heterocycles. The third-order valence-electron chi connectivity index (χ3n) is 7.52. The third kappa shape index (κ3) is 8.46. The van der Waals surface area contributed by atoms with E-state index in [4.69, 9.17) is 11.5 Å². The van der Waals surface area contributed by atoms with Gasteiger partial charge in [-0.2, -0.15) is 0 Å². The molecule has 3 aromatic carbocycles. The largest absolute Gasteiger partial charge is 0.390 e. The quantitative estimate of drug-likeness (QED) is 0.144. The summed E-state index contributed by atoms with van der Waals surface area (Å²) in [4.78, 5) is 37.6. The number of aliphatic hydroxyl groups is 2. The van der Waals surface area contributed by atoms with Crippen LogP contribution >= 0.6 is 0 Å². The molecule has 0 saturated carbocycles. The van der Waals surface area contributed by atoms with Crippen molar-refractivity contribution in [3.63, 3.8) is 0 Å². The van der Waals surface area contributed by atoms with Gasteiger partial charge in [0.1, 0.15) is 0 Å². The lowest BCUT2D eigenvalue weighted by Gasteiger charge is -2.28. The Morgan fingerprint density at radius 2 is 1.45 bits per heavy atom. The summed E-state index contributed by atoms with van der Waals surface area (Å²) in [7, 11) is 0.